The summed E-state index contributed by atoms with van der Waals surface area (Å²) in [6.45, 7) is 4.81. The Kier molecular flexibility index (Phi) is 27.0. The first-order chi connectivity index (χ1) is 33.4. The van der Waals surface area contributed by atoms with Crippen LogP contribution >= 0.6 is 23.5 Å². The topological polar surface area (TPSA) is 424 Å². The second-order valence-electron chi connectivity index (χ2n) is 16.6. The molecule has 13 atom stereocenters. The molecule has 1 aromatic carbocycles. The van der Waals surface area contributed by atoms with Crippen LogP contribution in [0.5, 0.6) is 0 Å². The van der Waals surface area contributed by atoms with E-state index in [2.05, 4.69) is 42.5 Å². The maximum absolute atomic E-state index is 14.1. The monoisotopic (exact) mass is 1050 g/mol. The van der Waals surface area contributed by atoms with Gasteiger partial charge >= 0.3 is 5.97 Å². The Bertz CT molecular complexity index is 1990. The van der Waals surface area contributed by atoms with Gasteiger partial charge in [-0.05, 0) is 31.7 Å². The number of aliphatic carboxylic acids is 1. The maximum Gasteiger partial charge on any atom is 0.303 e. The van der Waals surface area contributed by atoms with Gasteiger partial charge in [0, 0.05) is 24.9 Å². The number of ether oxygens (including phenoxy) is 1. The third kappa shape index (κ3) is 21.0. The number of thioether (sulfide) groups is 2. The van der Waals surface area contributed by atoms with Crippen molar-refractivity contribution >= 4 is 81.9 Å². The third-order valence-corrected chi connectivity index (χ3v) is 12.8. The number of carboxylic acid groups (broad SMARTS) is 1. The number of carbonyl (C=O) groups is 10. The van der Waals surface area contributed by atoms with Crippen molar-refractivity contribution in [2.24, 2.45) is 11.7 Å². The van der Waals surface area contributed by atoms with E-state index in [1.165, 1.54) is 6.92 Å². The van der Waals surface area contributed by atoms with Crippen molar-refractivity contribution in [3.63, 3.8) is 0 Å². The summed E-state index contributed by atoms with van der Waals surface area (Å²) in [5.41, 5.74) is 6.25. The number of hydrogen-bond acceptors (Lipinski definition) is 19. The van der Waals surface area contributed by atoms with Gasteiger partial charge in [-0.25, -0.2) is 0 Å². The average molecular weight is 1050 g/mol. The lowest BCUT2D eigenvalue weighted by molar-refractivity contribution is -0.203. The summed E-state index contributed by atoms with van der Waals surface area (Å²) < 4.78 is 5.52. The van der Waals surface area contributed by atoms with Crippen molar-refractivity contribution in [2.45, 2.75) is 133 Å². The second-order valence-corrected chi connectivity index (χ2v) is 18.6. The number of aliphatic hydroxyl groups excluding tert-OH is 5. The van der Waals surface area contributed by atoms with E-state index in [1.54, 1.807) is 26.0 Å². The molecular weight excluding hydrogens is 979 g/mol. The Labute approximate surface area is 417 Å². The highest BCUT2D eigenvalue weighted by Gasteiger charge is 2.45. The predicted molar refractivity (Wildman–Crippen MR) is 255 cm³/mol. The van der Waals surface area contributed by atoms with Crippen LogP contribution in [0.25, 0.3) is 0 Å². The van der Waals surface area contributed by atoms with E-state index in [4.69, 9.17) is 10.5 Å². The molecule has 1 aromatic rings. The number of amides is 8. The molecule has 1 fully saturated rings. The van der Waals surface area contributed by atoms with Gasteiger partial charge in [-0.2, -0.15) is 0 Å². The average Bonchev–Trinajstić information content (AvgIpc) is 3.32. The molecule has 1 aliphatic rings. The summed E-state index contributed by atoms with van der Waals surface area (Å²) in [6, 6.07) is -0.501. The van der Waals surface area contributed by atoms with E-state index in [0.29, 0.717) is 5.75 Å². The van der Waals surface area contributed by atoms with Gasteiger partial charge in [0.25, 0.3) is 0 Å². The second kappa shape index (κ2) is 31.1. The molecule has 0 aromatic heterocycles. The van der Waals surface area contributed by atoms with Gasteiger partial charge in [0.1, 0.15) is 54.6 Å². The Balaban J connectivity index is 2.32. The predicted octanol–water partition coefficient (Wildman–Crippen LogP) is -5.59. The molecule has 1 saturated heterocycles. The normalized spacial score (nSPS) is 20.9. The number of benzene rings is 1. The first-order valence-electron chi connectivity index (χ1n) is 22.5. The highest BCUT2D eigenvalue weighted by Crippen LogP contribution is 2.21. The Morgan fingerprint density at radius 3 is 1.87 bits per heavy atom. The molecule has 1 aliphatic heterocycles. The van der Waals surface area contributed by atoms with Crippen molar-refractivity contribution in [1.29, 1.82) is 0 Å². The van der Waals surface area contributed by atoms with E-state index < -0.39 is 181 Å². The van der Waals surface area contributed by atoms with Crippen molar-refractivity contribution in [2.75, 3.05) is 31.2 Å². The van der Waals surface area contributed by atoms with Gasteiger partial charge in [-0.15, -0.1) is 11.8 Å². The van der Waals surface area contributed by atoms with Crippen molar-refractivity contribution in [3.05, 3.63) is 35.9 Å². The molecule has 16 N–H and O–H groups in total. The summed E-state index contributed by atoms with van der Waals surface area (Å²) in [5.74, 6) is -10.2. The minimum absolute atomic E-state index is 0.219. The SMILES string of the molecule is CC[C@H](C)[C@H](NC(=O)[C@H](CSCC(=O)N[C@@H]1O[C@H](CO)[C@@H](O)[C@H](O)[C@H]1NC(C)=O)NC(=O)[C@H](CCC(=O)O)NC(=O)CN)C(=O)N[C@H](C(=O)N[C@H](C(=O)NCC(=O)SCc1ccccc1)[C@@H](C)O)[C@@H](C)O. The zero-order chi connectivity index (χ0) is 53.5. The lowest BCUT2D eigenvalue weighted by atomic mass is 9.96. The van der Waals surface area contributed by atoms with Gasteiger partial charge in [0.2, 0.25) is 52.4 Å². The molecule has 2 rings (SSSR count). The van der Waals surface area contributed by atoms with Crippen LogP contribution in [0, 0.1) is 5.92 Å². The highest BCUT2D eigenvalue weighted by molar-refractivity contribution is 8.13. The zero-order valence-corrected chi connectivity index (χ0v) is 41.5. The fourth-order valence-corrected chi connectivity index (χ4v) is 8.21. The molecule has 0 bridgehead atoms. The minimum Gasteiger partial charge on any atom is -0.481 e. The lowest BCUT2D eigenvalue weighted by Gasteiger charge is -2.42. The van der Waals surface area contributed by atoms with Crippen LogP contribution in [-0.4, -0.2) is 193 Å². The summed E-state index contributed by atoms with van der Waals surface area (Å²) in [5, 5.41) is 79.4. The lowest BCUT2D eigenvalue weighted by Crippen LogP contribution is -2.68. The number of nitrogens with one attached hydrogen (secondary N) is 8. The summed E-state index contributed by atoms with van der Waals surface area (Å²) in [6.07, 6.45) is -10.2. The van der Waals surface area contributed by atoms with Crippen LogP contribution < -0.4 is 48.3 Å². The molecule has 0 spiro atoms. The summed E-state index contributed by atoms with van der Waals surface area (Å²) in [4.78, 5) is 130. The number of carbonyl (C=O) groups excluding carboxylic acids is 9. The van der Waals surface area contributed by atoms with Crippen LogP contribution in [0.4, 0.5) is 0 Å². The first-order valence-corrected chi connectivity index (χ1v) is 24.6. The molecule has 71 heavy (non-hydrogen) atoms. The van der Waals surface area contributed by atoms with Crippen LogP contribution in [-0.2, 0) is 58.4 Å². The van der Waals surface area contributed by atoms with Crippen LogP contribution in [0.3, 0.4) is 0 Å². The first kappa shape index (κ1) is 61.7. The van der Waals surface area contributed by atoms with Crippen molar-refractivity contribution in [3.8, 4) is 0 Å². The molecule has 1 heterocycles. The Morgan fingerprint density at radius 1 is 0.746 bits per heavy atom. The largest absolute Gasteiger partial charge is 0.481 e. The van der Waals surface area contributed by atoms with Crippen molar-refractivity contribution in [1.82, 2.24) is 42.5 Å². The van der Waals surface area contributed by atoms with Gasteiger partial charge in [0.15, 0.2) is 6.23 Å². The number of carboxylic acids is 1. The number of rotatable bonds is 29. The zero-order valence-electron chi connectivity index (χ0n) is 39.8. The molecular formula is C43H67N9O17S2. The molecule has 8 amide bonds. The fourth-order valence-electron chi connectivity index (χ4n) is 6.66. The molecule has 0 aliphatic carbocycles. The van der Waals surface area contributed by atoms with Gasteiger partial charge in [-0.3, -0.25) is 47.9 Å². The molecule has 26 nitrogen and oxygen atoms in total. The minimum atomic E-state index is -1.80. The van der Waals surface area contributed by atoms with Crippen LogP contribution in [0.1, 0.15) is 59.4 Å². The molecule has 28 heteroatoms. The summed E-state index contributed by atoms with van der Waals surface area (Å²) in [7, 11) is 0. The van der Waals surface area contributed by atoms with E-state index in [9.17, 15) is 78.6 Å². The molecule has 0 radical (unpaired) electrons. The number of aliphatic hydroxyl groups is 5. The summed E-state index contributed by atoms with van der Waals surface area (Å²) >= 11 is 1.66. The third-order valence-electron chi connectivity index (χ3n) is 10.8. The number of nitrogens with two attached hydrogens (primary N) is 1. The van der Waals surface area contributed by atoms with Crippen molar-refractivity contribution < 1.29 is 83.3 Å². The van der Waals surface area contributed by atoms with E-state index in [-0.39, 0.29) is 6.42 Å². The maximum atomic E-state index is 14.1. The Morgan fingerprint density at radius 2 is 1.32 bits per heavy atom. The van der Waals surface area contributed by atoms with Gasteiger partial charge in [0.05, 0.1) is 37.7 Å². The van der Waals surface area contributed by atoms with Gasteiger partial charge < -0.3 is 83.6 Å². The smallest absolute Gasteiger partial charge is 0.303 e. The highest BCUT2D eigenvalue weighted by atomic mass is 32.2. The molecule has 0 unspecified atom stereocenters. The number of hydrogen-bond donors (Lipinski definition) is 15. The standard InChI is InChI=1S/C43H67N9O17S2/c1-6-20(2)32(41(67)52-34(22(4)55)42(68)51-33(21(3)54)40(66)45-15-31(61)71-17-24-10-8-7-9-11-24)50-39(65)26(48-38(64)25(12-13-30(59)60)47-28(57)14-44)18-70-19-29(58)49-43-35(46-23(5)56)37(63)36(62)27(16-53)69-43/h7-11,20-22,25-27,32-37,43,53-55,62-63H,6,12-19,44H2,1-5H3,(H,45,66)(H,46,56)(H,47,57)(H,48,64)(H,49,58)(H,50,65)(H,51,68)(H,52,67)(H,59,60)/t20-,21+,22+,25-,26-,27+,32-,33-,34-,35+,36+,37+,43+/m0/s1. The van der Waals surface area contributed by atoms with Crippen LogP contribution in [0.15, 0.2) is 30.3 Å². The van der Waals surface area contributed by atoms with Crippen LogP contribution in [0.2, 0.25) is 0 Å². The van der Waals surface area contributed by atoms with E-state index >= 15 is 0 Å². The molecule has 0 saturated carbocycles. The van der Waals surface area contributed by atoms with E-state index in [1.807, 2.05) is 18.2 Å². The van der Waals surface area contributed by atoms with E-state index in [0.717, 1.165) is 42.9 Å². The fraction of sp³-hybridized carbons (Fsp3) is 0.628. The Hall–Kier alpha value is -5.46. The van der Waals surface area contributed by atoms with Gasteiger partial charge in [-0.1, -0.05) is 62.4 Å². The molecule has 398 valence electrons. The quantitative estimate of drug-likeness (QED) is 0.0356.